The van der Waals surface area contributed by atoms with Gasteiger partial charge in [-0.15, -0.1) is 0 Å². The third-order valence-electron chi connectivity index (χ3n) is 2.77. The van der Waals surface area contributed by atoms with Gasteiger partial charge in [-0.25, -0.2) is 4.68 Å². The molecule has 0 saturated carbocycles. The minimum Gasteiger partial charge on any atom is -0.475 e. The third-order valence-corrected chi connectivity index (χ3v) is 2.77. The van der Waals surface area contributed by atoms with Crippen molar-refractivity contribution in [3.63, 3.8) is 0 Å². The molecule has 4 nitrogen and oxygen atoms in total. The fourth-order valence-electron chi connectivity index (χ4n) is 1.90. The fraction of sp³-hybridized carbons (Fsp3) is 0.769. The second-order valence-corrected chi connectivity index (χ2v) is 5.92. The quantitative estimate of drug-likeness (QED) is 0.793. The molecular formula is C13H22N2O2. The van der Waals surface area contributed by atoms with E-state index >= 15 is 0 Å². The number of nitrogens with zero attached hydrogens (tertiary/aromatic N) is 2. The molecule has 0 aromatic carbocycles. The molecular weight excluding hydrogens is 216 g/mol. The van der Waals surface area contributed by atoms with Crippen molar-refractivity contribution in [1.29, 1.82) is 0 Å². The number of rotatable bonds is 2. The monoisotopic (exact) mass is 238 g/mol. The second kappa shape index (κ2) is 4.33. The van der Waals surface area contributed by atoms with Gasteiger partial charge in [0, 0.05) is 11.5 Å². The van der Waals surface area contributed by atoms with E-state index in [2.05, 4.69) is 25.9 Å². The van der Waals surface area contributed by atoms with Gasteiger partial charge in [0.1, 0.15) is 12.7 Å². The van der Waals surface area contributed by atoms with Crippen molar-refractivity contribution in [2.24, 2.45) is 0 Å². The zero-order valence-corrected chi connectivity index (χ0v) is 11.4. The van der Waals surface area contributed by atoms with Gasteiger partial charge in [-0.2, -0.15) is 5.10 Å². The summed E-state index contributed by atoms with van der Waals surface area (Å²) in [6.07, 6.45) is 0.331. The van der Waals surface area contributed by atoms with E-state index in [0.717, 1.165) is 18.1 Å². The van der Waals surface area contributed by atoms with Crippen LogP contribution in [0.5, 0.6) is 5.88 Å². The third kappa shape index (κ3) is 2.80. The van der Waals surface area contributed by atoms with E-state index in [-0.39, 0.29) is 17.6 Å². The number of ether oxygens (including phenoxy) is 2. The Morgan fingerprint density at radius 1 is 1.47 bits per heavy atom. The molecule has 17 heavy (non-hydrogen) atoms. The first-order valence-electron chi connectivity index (χ1n) is 6.23. The highest BCUT2D eigenvalue weighted by Crippen LogP contribution is 2.27. The van der Waals surface area contributed by atoms with E-state index in [1.54, 1.807) is 0 Å². The smallest absolute Gasteiger partial charge is 0.212 e. The van der Waals surface area contributed by atoms with Crippen LogP contribution in [0.15, 0.2) is 6.07 Å². The molecule has 1 aromatic rings. The van der Waals surface area contributed by atoms with Gasteiger partial charge in [0.05, 0.1) is 18.3 Å². The summed E-state index contributed by atoms with van der Waals surface area (Å²) in [5.41, 5.74) is 1.12. The van der Waals surface area contributed by atoms with Gasteiger partial charge in [0.25, 0.3) is 0 Å². The summed E-state index contributed by atoms with van der Waals surface area (Å²) in [4.78, 5) is 0. The minimum absolute atomic E-state index is 0.0576. The van der Waals surface area contributed by atoms with Crippen molar-refractivity contribution in [3.8, 4) is 5.88 Å². The van der Waals surface area contributed by atoms with E-state index in [1.165, 1.54) is 0 Å². The SMILES string of the molecule is CC(C)OC1COc2cc(C(C)(C)C)nn2C1. The highest BCUT2D eigenvalue weighted by Gasteiger charge is 2.26. The molecule has 0 spiro atoms. The van der Waals surface area contributed by atoms with Gasteiger partial charge in [0.15, 0.2) is 0 Å². The lowest BCUT2D eigenvalue weighted by molar-refractivity contribution is -0.0436. The molecule has 1 unspecified atom stereocenters. The van der Waals surface area contributed by atoms with E-state index in [0.29, 0.717) is 6.61 Å². The van der Waals surface area contributed by atoms with Gasteiger partial charge < -0.3 is 9.47 Å². The van der Waals surface area contributed by atoms with Crippen LogP contribution in [-0.4, -0.2) is 28.6 Å². The summed E-state index contributed by atoms with van der Waals surface area (Å²) in [6.45, 7) is 12.0. The van der Waals surface area contributed by atoms with Crippen LogP contribution in [0.2, 0.25) is 0 Å². The minimum atomic E-state index is 0.0576. The summed E-state index contributed by atoms with van der Waals surface area (Å²) in [6, 6.07) is 2.03. The number of aromatic nitrogens is 2. The number of hydrogen-bond acceptors (Lipinski definition) is 3. The first kappa shape index (κ1) is 12.4. The normalized spacial score (nSPS) is 20.2. The van der Waals surface area contributed by atoms with Crippen molar-refractivity contribution >= 4 is 0 Å². The Hall–Kier alpha value is -1.03. The molecule has 0 saturated heterocycles. The maximum absolute atomic E-state index is 5.76. The molecule has 1 aromatic heterocycles. The Bertz CT molecular complexity index is 391. The molecule has 0 N–H and O–H groups in total. The maximum atomic E-state index is 5.76. The Labute approximate surface area is 103 Å². The molecule has 1 aliphatic rings. The molecule has 1 aliphatic heterocycles. The zero-order valence-electron chi connectivity index (χ0n) is 11.4. The second-order valence-electron chi connectivity index (χ2n) is 5.92. The van der Waals surface area contributed by atoms with Crippen LogP contribution in [0.25, 0.3) is 0 Å². The number of fused-ring (bicyclic) bond motifs is 1. The predicted molar refractivity (Wildman–Crippen MR) is 66.4 cm³/mol. The Balaban J connectivity index is 2.13. The highest BCUT2D eigenvalue weighted by molar-refractivity contribution is 5.22. The van der Waals surface area contributed by atoms with Crippen molar-refractivity contribution in [1.82, 2.24) is 9.78 Å². The van der Waals surface area contributed by atoms with Crippen LogP contribution in [0, 0.1) is 0 Å². The zero-order chi connectivity index (χ0) is 12.6. The Morgan fingerprint density at radius 3 is 2.76 bits per heavy atom. The van der Waals surface area contributed by atoms with Crippen LogP contribution in [0.3, 0.4) is 0 Å². The van der Waals surface area contributed by atoms with Gasteiger partial charge >= 0.3 is 0 Å². The van der Waals surface area contributed by atoms with Crippen molar-refractivity contribution < 1.29 is 9.47 Å². The van der Waals surface area contributed by atoms with E-state index in [9.17, 15) is 0 Å². The molecule has 4 heteroatoms. The number of hydrogen-bond donors (Lipinski definition) is 0. The first-order valence-corrected chi connectivity index (χ1v) is 6.23. The molecule has 0 amide bonds. The highest BCUT2D eigenvalue weighted by atomic mass is 16.5. The van der Waals surface area contributed by atoms with Gasteiger partial charge in [-0.1, -0.05) is 20.8 Å². The van der Waals surface area contributed by atoms with Crippen molar-refractivity contribution in [3.05, 3.63) is 11.8 Å². The summed E-state index contributed by atoms with van der Waals surface area (Å²) in [7, 11) is 0. The molecule has 2 heterocycles. The Kier molecular flexibility index (Phi) is 3.17. The summed E-state index contributed by atoms with van der Waals surface area (Å²) in [5, 5.41) is 4.59. The van der Waals surface area contributed by atoms with Crippen LogP contribution in [0.4, 0.5) is 0 Å². The van der Waals surface area contributed by atoms with Crippen LogP contribution in [0.1, 0.15) is 40.3 Å². The lowest BCUT2D eigenvalue weighted by Crippen LogP contribution is -2.34. The lowest BCUT2D eigenvalue weighted by Gasteiger charge is -2.25. The van der Waals surface area contributed by atoms with Crippen molar-refractivity contribution in [2.45, 2.75) is 58.8 Å². The van der Waals surface area contributed by atoms with Gasteiger partial charge in [0.2, 0.25) is 5.88 Å². The van der Waals surface area contributed by atoms with Crippen molar-refractivity contribution in [2.75, 3.05) is 6.61 Å². The van der Waals surface area contributed by atoms with E-state index in [4.69, 9.17) is 9.47 Å². The van der Waals surface area contributed by atoms with Crippen LogP contribution in [-0.2, 0) is 16.7 Å². The molecule has 0 bridgehead atoms. The van der Waals surface area contributed by atoms with E-state index < -0.39 is 0 Å². The molecule has 1 atom stereocenters. The Morgan fingerprint density at radius 2 is 2.18 bits per heavy atom. The largest absolute Gasteiger partial charge is 0.475 e. The summed E-state index contributed by atoms with van der Waals surface area (Å²) >= 11 is 0. The fourth-order valence-corrected chi connectivity index (χ4v) is 1.90. The topological polar surface area (TPSA) is 36.3 Å². The van der Waals surface area contributed by atoms with E-state index in [1.807, 2.05) is 24.6 Å². The molecule has 2 rings (SSSR count). The maximum Gasteiger partial charge on any atom is 0.212 e. The molecule has 0 radical (unpaired) electrons. The average molecular weight is 238 g/mol. The summed E-state index contributed by atoms with van der Waals surface area (Å²) in [5.74, 6) is 0.860. The lowest BCUT2D eigenvalue weighted by atomic mass is 9.93. The summed E-state index contributed by atoms with van der Waals surface area (Å²) < 4.78 is 13.4. The molecule has 0 fully saturated rings. The van der Waals surface area contributed by atoms with Crippen LogP contribution >= 0.6 is 0 Å². The standard InChI is InChI=1S/C13H22N2O2/c1-9(2)17-10-7-15-12(16-8-10)6-11(14-15)13(3,4)5/h6,9-10H,7-8H2,1-5H3. The first-order chi connectivity index (χ1) is 7.86. The van der Waals surface area contributed by atoms with Gasteiger partial charge in [-0.3, -0.25) is 0 Å². The average Bonchev–Trinajstić information content (AvgIpc) is 2.58. The predicted octanol–water partition coefficient (Wildman–Crippen LogP) is 2.37. The molecule has 0 aliphatic carbocycles. The molecule has 96 valence electrons. The van der Waals surface area contributed by atoms with Crippen LogP contribution < -0.4 is 4.74 Å². The van der Waals surface area contributed by atoms with Gasteiger partial charge in [-0.05, 0) is 13.8 Å².